The summed E-state index contributed by atoms with van der Waals surface area (Å²) in [5.41, 5.74) is 0. The van der Waals surface area contributed by atoms with Crippen LogP contribution in [0.3, 0.4) is 0 Å². The van der Waals surface area contributed by atoms with Gasteiger partial charge in [-0.3, -0.25) is 9.59 Å². The molecule has 0 aromatic rings. The molecule has 0 unspecified atom stereocenters. The van der Waals surface area contributed by atoms with Crippen molar-refractivity contribution in [2.75, 3.05) is 27.2 Å². The molecule has 5 nitrogen and oxygen atoms in total. The van der Waals surface area contributed by atoms with Gasteiger partial charge in [0.15, 0.2) is 0 Å². The first kappa shape index (κ1) is 14.3. The van der Waals surface area contributed by atoms with Gasteiger partial charge in [-0.05, 0) is 45.8 Å². The van der Waals surface area contributed by atoms with Gasteiger partial charge in [-0.2, -0.15) is 0 Å². The molecule has 0 aromatic heterocycles. The van der Waals surface area contributed by atoms with E-state index in [1.165, 1.54) is 0 Å². The predicted octanol–water partition coefficient (Wildman–Crippen LogP) is 1.04. The van der Waals surface area contributed by atoms with Crippen LogP contribution in [-0.2, 0) is 9.59 Å². The van der Waals surface area contributed by atoms with Crippen molar-refractivity contribution in [3.63, 3.8) is 0 Å². The van der Waals surface area contributed by atoms with E-state index < -0.39 is 11.9 Å². The average Bonchev–Trinajstić information content (AvgIpc) is 2.87. The van der Waals surface area contributed by atoms with E-state index >= 15 is 0 Å². The Hall–Kier alpha value is -1.10. The molecule has 2 fully saturated rings. The predicted molar refractivity (Wildman–Crippen MR) is 71.8 cm³/mol. The van der Waals surface area contributed by atoms with E-state index in [0.717, 1.165) is 38.8 Å². The Labute approximate surface area is 114 Å². The van der Waals surface area contributed by atoms with E-state index in [1.807, 2.05) is 11.9 Å². The molecule has 1 N–H and O–H groups in total. The number of amides is 1. The van der Waals surface area contributed by atoms with Gasteiger partial charge in [0.05, 0.1) is 11.8 Å². The number of carbonyl (C=O) groups is 2. The van der Waals surface area contributed by atoms with Crippen molar-refractivity contribution in [1.29, 1.82) is 0 Å². The molecule has 108 valence electrons. The molecule has 1 heterocycles. The number of hydrogen-bond acceptors (Lipinski definition) is 3. The van der Waals surface area contributed by atoms with Gasteiger partial charge in [0, 0.05) is 13.1 Å². The molecular weight excluding hydrogens is 244 g/mol. The minimum Gasteiger partial charge on any atom is -0.481 e. The van der Waals surface area contributed by atoms with Crippen LogP contribution in [-0.4, -0.2) is 60.0 Å². The van der Waals surface area contributed by atoms with Crippen molar-refractivity contribution in [3.8, 4) is 0 Å². The van der Waals surface area contributed by atoms with Crippen LogP contribution in [0.4, 0.5) is 0 Å². The Balaban J connectivity index is 1.96. The monoisotopic (exact) mass is 268 g/mol. The van der Waals surface area contributed by atoms with Crippen LogP contribution in [0.25, 0.3) is 0 Å². The third-order valence-corrected chi connectivity index (χ3v) is 4.73. The minimum absolute atomic E-state index is 0.0412. The van der Waals surface area contributed by atoms with Gasteiger partial charge in [0.2, 0.25) is 5.91 Å². The summed E-state index contributed by atoms with van der Waals surface area (Å²) in [6.45, 7) is 2.02. The van der Waals surface area contributed by atoms with Gasteiger partial charge < -0.3 is 14.9 Å². The SMILES string of the molecule is CN1CCC(N(C)C(=O)[C@@H]2CCC[C@@H]2C(=O)O)CC1. The second-order valence-corrected chi connectivity index (χ2v) is 5.97. The number of piperidine rings is 1. The van der Waals surface area contributed by atoms with Crippen LogP contribution >= 0.6 is 0 Å². The average molecular weight is 268 g/mol. The van der Waals surface area contributed by atoms with Gasteiger partial charge in [-0.15, -0.1) is 0 Å². The van der Waals surface area contributed by atoms with Crippen LogP contribution in [0, 0.1) is 11.8 Å². The highest BCUT2D eigenvalue weighted by atomic mass is 16.4. The Kier molecular flexibility index (Phi) is 4.45. The first-order valence-corrected chi connectivity index (χ1v) is 7.18. The Morgan fingerprint density at radius 2 is 1.68 bits per heavy atom. The lowest BCUT2D eigenvalue weighted by Gasteiger charge is -2.36. The smallest absolute Gasteiger partial charge is 0.307 e. The number of nitrogens with zero attached hydrogens (tertiary/aromatic N) is 2. The summed E-state index contributed by atoms with van der Waals surface area (Å²) in [6.07, 6.45) is 4.21. The molecule has 1 saturated heterocycles. The number of carboxylic acids is 1. The summed E-state index contributed by atoms with van der Waals surface area (Å²) in [4.78, 5) is 27.8. The molecule has 1 aliphatic heterocycles. The number of carboxylic acid groups (broad SMARTS) is 1. The standard InChI is InChI=1S/C14H24N2O3/c1-15-8-6-10(7-9-15)16(2)13(17)11-4-3-5-12(11)14(18)19/h10-12H,3-9H2,1-2H3,(H,18,19)/t11-,12+/m1/s1. The fourth-order valence-electron chi connectivity index (χ4n) is 3.37. The molecule has 0 bridgehead atoms. The van der Waals surface area contributed by atoms with E-state index in [-0.39, 0.29) is 17.9 Å². The van der Waals surface area contributed by atoms with Gasteiger partial charge >= 0.3 is 5.97 Å². The van der Waals surface area contributed by atoms with Crippen LogP contribution in [0.5, 0.6) is 0 Å². The highest BCUT2D eigenvalue weighted by Crippen LogP contribution is 2.34. The largest absolute Gasteiger partial charge is 0.481 e. The topological polar surface area (TPSA) is 60.9 Å². The quantitative estimate of drug-likeness (QED) is 0.831. The molecule has 1 aliphatic carbocycles. The van der Waals surface area contributed by atoms with E-state index in [1.54, 1.807) is 0 Å². The summed E-state index contributed by atoms with van der Waals surface area (Å²) in [6, 6.07) is 0.277. The fraction of sp³-hybridized carbons (Fsp3) is 0.857. The third kappa shape index (κ3) is 3.08. The molecule has 2 aliphatic rings. The molecular formula is C14H24N2O3. The molecule has 2 atom stereocenters. The first-order valence-electron chi connectivity index (χ1n) is 7.18. The number of hydrogen-bond donors (Lipinski definition) is 1. The minimum atomic E-state index is -0.812. The number of carbonyl (C=O) groups excluding carboxylic acids is 1. The normalized spacial score (nSPS) is 29.4. The Bertz CT molecular complexity index is 351. The molecule has 0 radical (unpaired) electrons. The van der Waals surface area contributed by atoms with Crippen molar-refractivity contribution < 1.29 is 14.7 Å². The van der Waals surface area contributed by atoms with Gasteiger partial charge in [0.25, 0.3) is 0 Å². The molecule has 0 aromatic carbocycles. The zero-order valence-electron chi connectivity index (χ0n) is 11.8. The van der Waals surface area contributed by atoms with Crippen molar-refractivity contribution in [3.05, 3.63) is 0 Å². The Morgan fingerprint density at radius 1 is 1.11 bits per heavy atom. The van der Waals surface area contributed by atoms with Gasteiger partial charge in [-0.1, -0.05) is 6.42 Å². The maximum atomic E-state index is 12.5. The second-order valence-electron chi connectivity index (χ2n) is 5.97. The first-order chi connectivity index (χ1) is 9.00. The summed E-state index contributed by atoms with van der Waals surface area (Å²) in [5, 5.41) is 9.18. The lowest BCUT2D eigenvalue weighted by molar-refractivity contribution is -0.149. The highest BCUT2D eigenvalue weighted by molar-refractivity contribution is 5.85. The zero-order valence-corrected chi connectivity index (χ0v) is 11.8. The fourth-order valence-corrected chi connectivity index (χ4v) is 3.37. The van der Waals surface area contributed by atoms with Crippen molar-refractivity contribution in [2.45, 2.75) is 38.1 Å². The second kappa shape index (κ2) is 5.90. The van der Waals surface area contributed by atoms with Crippen LogP contribution in [0.15, 0.2) is 0 Å². The maximum absolute atomic E-state index is 12.5. The van der Waals surface area contributed by atoms with Gasteiger partial charge in [-0.25, -0.2) is 0 Å². The van der Waals surface area contributed by atoms with Crippen molar-refractivity contribution >= 4 is 11.9 Å². The van der Waals surface area contributed by atoms with Crippen LogP contribution < -0.4 is 0 Å². The molecule has 5 heteroatoms. The highest BCUT2D eigenvalue weighted by Gasteiger charge is 2.40. The molecule has 0 spiro atoms. The molecule has 2 rings (SSSR count). The summed E-state index contributed by atoms with van der Waals surface area (Å²) >= 11 is 0. The summed E-state index contributed by atoms with van der Waals surface area (Å²) in [5.74, 6) is -1.55. The molecule has 1 amide bonds. The van der Waals surface area contributed by atoms with E-state index in [2.05, 4.69) is 11.9 Å². The van der Waals surface area contributed by atoms with E-state index in [9.17, 15) is 14.7 Å². The maximum Gasteiger partial charge on any atom is 0.307 e. The van der Waals surface area contributed by atoms with Crippen LogP contribution in [0.1, 0.15) is 32.1 Å². The van der Waals surface area contributed by atoms with Crippen molar-refractivity contribution in [1.82, 2.24) is 9.80 Å². The number of rotatable bonds is 3. The lowest BCUT2D eigenvalue weighted by Crippen LogP contribution is -2.47. The molecule has 19 heavy (non-hydrogen) atoms. The van der Waals surface area contributed by atoms with E-state index in [0.29, 0.717) is 6.42 Å². The number of likely N-dealkylation sites (tertiary alicyclic amines) is 1. The third-order valence-electron chi connectivity index (χ3n) is 4.73. The van der Waals surface area contributed by atoms with Gasteiger partial charge in [0.1, 0.15) is 0 Å². The Morgan fingerprint density at radius 3 is 2.26 bits per heavy atom. The lowest BCUT2D eigenvalue weighted by atomic mass is 9.93. The summed E-state index contributed by atoms with van der Waals surface area (Å²) < 4.78 is 0. The van der Waals surface area contributed by atoms with Crippen molar-refractivity contribution in [2.24, 2.45) is 11.8 Å². The van der Waals surface area contributed by atoms with E-state index in [4.69, 9.17) is 0 Å². The number of aliphatic carboxylic acids is 1. The van der Waals surface area contributed by atoms with Crippen LogP contribution in [0.2, 0.25) is 0 Å². The molecule has 1 saturated carbocycles. The zero-order chi connectivity index (χ0) is 14.0. The summed E-state index contributed by atoms with van der Waals surface area (Å²) in [7, 11) is 3.94.